The van der Waals surface area contributed by atoms with E-state index >= 15 is 0 Å². The Morgan fingerprint density at radius 1 is 1.13 bits per heavy atom. The van der Waals surface area contributed by atoms with Crippen molar-refractivity contribution in [3.63, 3.8) is 0 Å². The summed E-state index contributed by atoms with van der Waals surface area (Å²) in [6.07, 6.45) is 9.92. The summed E-state index contributed by atoms with van der Waals surface area (Å²) in [5.74, 6) is 1.36. The summed E-state index contributed by atoms with van der Waals surface area (Å²) < 4.78 is 52.7. The molecule has 0 saturated heterocycles. The Kier molecular flexibility index (Phi) is 6.46. The van der Waals surface area contributed by atoms with Gasteiger partial charge in [-0.05, 0) is 43.7 Å². The molecule has 12 nitrogen and oxygen atoms in total. The van der Waals surface area contributed by atoms with Crippen LogP contribution in [0, 0.1) is 5.92 Å². The van der Waals surface area contributed by atoms with Gasteiger partial charge in [-0.15, -0.1) is 0 Å². The Balaban J connectivity index is 1.25. The number of halogens is 2. The number of hydrogen-bond donors (Lipinski definition) is 3. The fourth-order valence-electron chi connectivity index (χ4n) is 4.44. The molecule has 6 rings (SSSR count). The molecule has 4 heterocycles. The third-order valence-electron chi connectivity index (χ3n) is 6.78. The van der Waals surface area contributed by atoms with Crippen LogP contribution in [0.1, 0.15) is 32.2 Å². The molecule has 2 saturated carbocycles. The monoisotopic (exact) mass is 557 g/mol. The molecule has 0 aromatic carbocycles. The van der Waals surface area contributed by atoms with Crippen molar-refractivity contribution >= 4 is 27.3 Å². The van der Waals surface area contributed by atoms with Gasteiger partial charge in [0.2, 0.25) is 0 Å². The molecule has 0 aliphatic heterocycles. The van der Waals surface area contributed by atoms with Crippen molar-refractivity contribution < 1.29 is 22.3 Å². The molecule has 15 heteroatoms. The molecule has 2 aliphatic carbocycles. The molecule has 39 heavy (non-hydrogen) atoms. The van der Waals surface area contributed by atoms with E-state index in [1.807, 2.05) is 0 Å². The van der Waals surface area contributed by atoms with Crippen LogP contribution in [0.2, 0.25) is 0 Å². The third-order valence-corrected chi connectivity index (χ3v) is 8.81. The third kappa shape index (κ3) is 5.18. The van der Waals surface area contributed by atoms with Gasteiger partial charge in [0.25, 0.3) is 10.0 Å². The first-order valence-corrected chi connectivity index (χ1v) is 13.9. The maximum absolute atomic E-state index is 13.1. The van der Waals surface area contributed by atoms with Gasteiger partial charge < -0.3 is 15.7 Å². The van der Waals surface area contributed by atoms with Gasteiger partial charge >= 0.3 is 6.55 Å². The second kappa shape index (κ2) is 9.96. The highest BCUT2D eigenvalue weighted by Gasteiger charge is 2.37. The van der Waals surface area contributed by atoms with E-state index in [1.165, 1.54) is 30.9 Å². The van der Waals surface area contributed by atoms with E-state index in [0.717, 1.165) is 16.9 Å². The normalized spacial score (nSPS) is 19.2. The van der Waals surface area contributed by atoms with E-state index < -0.39 is 21.8 Å². The van der Waals surface area contributed by atoms with Gasteiger partial charge in [0.1, 0.15) is 11.6 Å². The summed E-state index contributed by atoms with van der Waals surface area (Å²) in [6, 6.07) is 4.99. The lowest BCUT2D eigenvalue weighted by atomic mass is 9.80. The van der Waals surface area contributed by atoms with Crippen LogP contribution in [0.5, 0.6) is 0 Å². The maximum Gasteiger partial charge on any atom is 0.333 e. The van der Waals surface area contributed by atoms with Crippen LogP contribution < -0.4 is 10.6 Å². The zero-order valence-corrected chi connectivity index (χ0v) is 21.3. The van der Waals surface area contributed by atoms with Gasteiger partial charge in [-0.2, -0.15) is 23.1 Å². The van der Waals surface area contributed by atoms with E-state index in [2.05, 4.69) is 35.8 Å². The van der Waals surface area contributed by atoms with Gasteiger partial charge in [-0.1, -0.05) is 0 Å². The molecular weight excluding hydrogens is 532 g/mol. The summed E-state index contributed by atoms with van der Waals surface area (Å²) in [5, 5.41) is 23.5. The minimum absolute atomic E-state index is 0.113. The molecule has 2 aliphatic rings. The molecule has 0 radical (unpaired) electrons. The van der Waals surface area contributed by atoms with Crippen molar-refractivity contribution in [1.82, 2.24) is 33.9 Å². The van der Waals surface area contributed by atoms with Crippen LogP contribution in [0.25, 0.3) is 22.6 Å². The highest BCUT2D eigenvalue weighted by molar-refractivity contribution is 7.90. The number of aromatic nitrogens is 7. The van der Waals surface area contributed by atoms with E-state index in [-0.39, 0.29) is 24.4 Å². The summed E-state index contributed by atoms with van der Waals surface area (Å²) in [6.45, 7) is -2.64. The summed E-state index contributed by atoms with van der Waals surface area (Å²) >= 11 is 0. The van der Waals surface area contributed by atoms with E-state index in [1.54, 1.807) is 18.3 Å². The predicted octanol–water partition coefficient (Wildman–Crippen LogP) is 3.26. The van der Waals surface area contributed by atoms with Crippen LogP contribution in [-0.2, 0) is 10.0 Å². The largest absolute Gasteiger partial charge is 0.396 e. The van der Waals surface area contributed by atoms with Crippen molar-refractivity contribution in [1.29, 1.82) is 0 Å². The number of alkyl halides is 2. The number of anilines is 3. The van der Waals surface area contributed by atoms with Crippen LogP contribution in [-0.4, -0.2) is 65.3 Å². The molecule has 0 amide bonds. The molecule has 0 bridgehead atoms. The Bertz CT molecular complexity index is 1600. The van der Waals surface area contributed by atoms with Gasteiger partial charge in [-0.3, -0.25) is 0 Å². The molecule has 204 valence electrons. The Morgan fingerprint density at radius 2 is 1.95 bits per heavy atom. The minimum atomic E-state index is -3.50. The topological polar surface area (TPSA) is 153 Å². The zero-order chi connectivity index (χ0) is 27.1. The highest BCUT2D eigenvalue weighted by atomic mass is 32.2. The quantitative estimate of drug-likeness (QED) is 0.265. The molecule has 4 aromatic heterocycles. The van der Waals surface area contributed by atoms with E-state index in [4.69, 9.17) is 0 Å². The maximum atomic E-state index is 13.1. The average molecular weight is 558 g/mol. The van der Waals surface area contributed by atoms with E-state index in [9.17, 15) is 22.3 Å². The van der Waals surface area contributed by atoms with Crippen molar-refractivity contribution in [2.45, 2.75) is 43.5 Å². The lowest BCUT2D eigenvalue weighted by Crippen LogP contribution is -2.37. The number of aliphatic hydroxyl groups excluding tert-OH is 1. The number of nitrogens with one attached hydrogen (secondary N) is 2. The first-order chi connectivity index (χ1) is 18.8. The Labute approximate surface area is 222 Å². The van der Waals surface area contributed by atoms with Crippen molar-refractivity contribution in [2.24, 2.45) is 5.92 Å². The van der Waals surface area contributed by atoms with E-state index in [0.29, 0.717) is 51.7 Å². The Hall–Kier alpha value is -3.98. The van der Waals surface area contributed by atoms with Gasteiger partial charge in [0.05, 0.1) is 28.9 Å². The molecule has 4 aromatic rings. The number of nitrogens with zero attached hydrogens (tertiary/aromatic N) is 7. The molecule has 0 unspecified atom stereocenters. The van der Waals surface area contributed by atoms with Crippen molar-refractivity contribution in [3.8, 4) is 22.6 Å². The molecule has 0 spiro atoms. The number of hydrogen-bond acceptors (Lipinski definition) is 10. The molecular formula is C24H25F2N9O3S. The lowest BCUT2D eigenvalue weighted by Gasteiger charge is -2.35. The van der Waals surface area contributed by atoms with Crippen molar-refractivity contribution in [2.75, 3.05) is 17.2 Å². The number of rotatable bonds is 10. The molecule has 3 N–H and O–H groups in total. The second-order valence-corrected chi connectivity index (χ2v) is 11.7. The number of aliphatic hydroxyl groups is 1. The van der Waals surface area contributed by atoms with Crippen LogP contribution in [0.4, 0.5) is 26.1 Å². The smallest absolute Gasteiger partial charge is 0.333 e. The molecule has 0 atom stereocenters. The SMILES string of the molecule is O=S(=O)(C1CC1)n1cc(-c2nccc(Nc3cc(NC4CC(CO)C4)c(-c4ccn(C(F)F)n4)cn3)n2)cn1. The highest BCUT2D eigenvalue weighted by Crippen LogP contribution is 2.35. The zero-order valence-electron chi connectivity index (χ0n) is 20.5. The van der Waals surface area contributed by atoms with Crippen molar-refractivity contribution in [3.05, 3.63) is 49.2 Å². The van der Waals surface area contributed by atoms with Crippen LogP contribution >= 0.6 is 0 Å². The lowest BCUT2D eigenvalue weighted by molar-refractivity contribution is 0.0568. The summed E-state index contributed by atoms with van der Waals surface area (Å²) in [7, 11) is -3.50. The van der Waals surface area contributed by atoms with Gasteiger partial charge in [0.15, 0.2) is 5.82 Å². The fourth-order valence-corrected chi connectivity index (χ4v) is 5.91. The first-order valence-electron chi connectivity index (χ1n) is 12.4. The average Bonchev–Trinajstić information content (AvgIpc) is 3.43. The molecule has 2 fully saturated rings. The van der Waals surface area contributed by atoms with Crippen LogP contribution in [0.15, 0.2) is 49.2 Å². The minimum Gasteiger partial charge on any atom is -0.396 e. The summed E-state index contributed by atoms with van der Waals surface area (Å²) in [4.78, 5) is 13.2. The predicted molar refractivity (Wildman–Crippen MR) is 138 cm³/mol. The van der Waals surface area contributed by atoms with Gasteiger partial charge in [-0.25, -0.2) is 28.1 Å². The second-order valence-electron chi connectivity index (χ2n) is 9.67. The fraction of sp³-hybridized carbons (Fsp3) is 0.375. The number of pyridine rings is 1. The van der Waals surface area contributed by atoms with Gasteiger partial charge in [0, 0.05) is 48.6 Å². The van der Waals surface area contributed by atoms with Crippen LogP contribution in [0.3, 0.4) is 0 Å². The Morgan fingerprint density at radius 3 is 2.67 bits per heavy atom. The standard InChI is InChI=1S/C24H25F2N9O3S/c25-24(26)34-6-4-19(33-34)18-11-28-22(9-20(18)30-16-7-14(8-16)13-36)31-21-3-5-27-23(32-21)15-10-29-35(12-15)39(37,38)17-1-2-17/h3-6,9-12,14,16-17,24,36H,1-2,7-8,13H2,(H2,27,28,30,31,32). The first kappa shape index (κ1) is 25.3. The summed E-state index contributed by atoms with van der Waals surface area (Å²) in [5.41, 5.74) is 2.00.